The first kappa shape index (κ1) is 14.8. The van der Waals surface area contributed by atoms with Crippen LogP contribution in [0.2, 0.25) is 0 Å². The molecule has 0 saturated heterocycles. The maximum Gasteiger partial charge on any atom is 0.0938 e. The van der Waals surface area contributed by atoms with Crippen LogP contribution in [0.3, 0.4) is 0 Å². The van der Waals surface area contributed by atoms with E-state index in [2.05, 4.69) is 34.9 Å². The van der Waals surface area contributed by atoms with E-state index in [0.717, 1.165) is 27.2 Å². The third-order valence-electron chi connectivity index (χ3n) is 3.31. The largest absolute Gasteiger partial charge is 0.387 e. The molecule has 1 unspecified atom stereocenters. The van der Waals surface area contributed by atoms with Crippen molar-refractivity contribution in [3.05, 3.63) is 38.8 Å². The molecule has 2 aromatic rings. The van der Waals surface area contributed by atoms with Crippen molar-refractivity contribution >= 4 is 27.3 Å². The first-order valence-electron chi connectivity index (χ1n) is 6.61. The van der Waals surface area contributed by atoms with Crippen molar-refractivity contribution in [2.24, 2.45) is 0 Å². The Morgan fingerprint density at radius 1 is 1.32 bits per heavy atom. The summed E-state index contributed by atoms with van der Waals surface area (Å²) in [5, 5.41) is 14.8. The molecule has 0 bridgehead atoms. The normalized spacial score (nSPS) is 13.1. The number of halogens is 1. The molecule has 5 heteroatoms. The van der Waals surface area contributed by atoms with E-state index in [1.807, 2.05) is 29.1 Å². The molecule has 1 atom stereocenters. The molecular formula is C14H19BrN2OS. The lowest BCUT2D eigenvalue weighted by atomic mass is 10.2. The number of aliphatic hydroxyl groups is 1. The molecule has 0 radical (unpaired) electrons. The Hall–Kier alpha value is -0.650. The monoisotopic (exact) mass is 342 g/mol. The molecule has 0 amide bonds. The molecule has 2 rings (SSSR count). The topological polar surface area (TPSA) is 38.0 Å². The van der Waals surface area contributed by atoms with Gasteiger partial charge in [-0.2, -0.15) is 5.10 Å². The lowest BCUT2D eigenvalue weighted by molar-refractivity contribution is 0.180. The van der Waals surface area contributed by atoms with Gasteiger partial charge in [-0.15, -0.1) is 11.3 Å². The second kappa shape index (κ2) is 6.68. The molecule has 0 aromatic carbocycles. The summed E-state index contributed by atoms with van der Waals surface area (Å²) >= 11 is 4.98. The third-order valence-corrected chi connectivity index (χ3v) is 5.03. The summed E-state index contributed by atoms with van der Waals surface area (Å²) in [6.45, 7) is 4.35. The molecule has 1 N–H and O–H groups in total. The van der Waals surface area contributed by atoms with Crippen LogP contribution in [0.4, 0.5) is 0 Å². The third kappa shape index (κ3) is 3.68. The summed E-state index contributed by atoms with van der Waals surface area (Å²) in [6.07, 6.45) is 4.28. The maximum absolute atomic E-state index is 10.2. The van der Waals surface area contributed by atoms with Gasteiger partial charge in [0.1, 0.15) is 0 Å². The minimum atomic E-state index is -0.471. The lowest BCUT2D eigenvalue weighted by Gasteiger charge is -2.12. The molecule has 0 aliphatic carbocycles. The Morgan fingerprint density at radius 3 is 2.63 bits per heavy atom. The minimum absolute atomic E-state index is 0.460. The standard InChI is InChI=1S/C14H19BrN2OS/c1-3-11(4-2)17-8-7-10(16-17)9-12(18)13-5-6-14(15)19-13/h5-8,11-12,18H,3-4,9H2,1-2H3. The molecule has 0 saturated carbocycles. The van der Waals surface area contributed by atoms with Gasteiger partial charge in [-0.25, -0.2) is 0 Å². The molecule has 104 valence electrons. The van der Waals surface area contributed by atoms with Crippen LogP contribution < -0.4 is 0 Å². The van der Waals surface area contributed by atoms with E-state index in [1.54, 1.807) is 11.3 Å². The highest BCUT2D eigenvalue weighted by Gasteiger charge is 2.14. The Balaban J connectivity index is 2.03. The molecule has 0 spiro atoms. The zero-order chi connectivity index (χ0) is 13.8. The Morgan fingerprint density at radius 2 is 2.05 bits per heavy atom. The smallest absolute Gasteiger partial charge is 0.0938 e. The molecule has 0 fully saturated rings. The number of hydrogen-bond donors (Lipinski definition) is 1. The van der Waals surface area contributed by atoms with E-state index in [-0.39, 0.29) is 0 Å². The molecule has 0 aliphatic rings. The summed E-state index contributed by atoms with van der Waals surface area (Å²) in [5.74, 6) is 0. The van der Waals surface area contributed by atoms with Crippen molar-refractivity contribution in [2.75, 3.05) is 0 Å². The number of thiophene rings is 1. The zero-order valence-electron chi connectivity index (χ0n) is 11.2. The number of aliphatic hydroxyl groups excluding tert-OH is 1. The fourth-order valence-corrected chi connectivity index (χ4v) is 3.57. The van der Waals surface area contributed by atoms with Gasteiger partial charge in [0, 0.05) is 17.5 Å². The highest BCUT2D eigenvalue weighted by Crippen LogP contribution is 2.29. The molecule has 2 heterocycles. The van der Waals surface area contributed by atoms with E-state index >= 15 is 0 Å². The van der Waals surface area contributed by atoms with Crippen LogP contribution in [0.5, 0.6) is 0 Å². The van der Waals surface area contributed by atoms with E-state index in [9.17, 15) is 5.11 Å². The summed E-state index contributed by atoms with van der Waals surface area (Å²) < 4.78 is 3.07. The summed E-state index contributed by atoms with van der Waals surface area (Å²) in [6, 6.07) is 6.38. The summed E-state index contributed by atoms with van der Waals surface area (Å²) in [7, 11) is 0. The van der Waals surface area contributed by atoms with Gasteiger partial charge in [-0.3, -0.25) is 4.68 Å². The van der Waals surface area contributed by atoms with Crippen LogP contribution in [0.15, 0.2) is 28.2 Å². The van der Waals surface area contributed by atoms with Crippen LogP contribution in [0, 0.1) is 0 Å². The predicted octanol–water partition coefficient (Wildman–Crippen LogP) is 4.34. The predicted molar refractivity (Wildman–Crippen MR) is 82.5 cm³/mol. The number of nitrogens with zero attached hydrogens (tertiary/aromatic N) is 2. The number of rotatable bonds is 6. The SMILES string of the molecule is CCC(CC)n1ccc(CC(O)c2ccc(Br)s2)n1. The highest BCUT2D eigenvalue weighted by molar-refractivity contribution is 9.11. The maximum atomic E-state index is 10.2. The highest BCUT2D eigenvalue weighted by atomic mass is 79.9. The van der Waals surface area contributed by atoms with Gasteiger partial charge in [-0.05, 0) is 47.0 Å². The molecule has 0 aliphatic heterocycles. The van der Waals surface area contributed by atoms with E-state index in [4.69, 9.17) is 0 Å². The lowest BCUT2D eigenvalue weighted by Crippen LogP contribution is -2.08. The van der Waals surface area contributed by atoms with Crippen LogP contribution in [-0.2, 0) is 6.42 Å². The van der Waals surface area contributed by atoms with Gasteiger partial charge in [0.05, 0.1) is 21.6 Å². The molecule has 3 nitrogen and oxygen atoms in total. The van der Waals surface area contributed by atoms with Gasteiger partial charge in [-0.1, -0.05) is 13.8 Å². The zero-order valence-corrected chi connectivity index (χ0v) is 13.6. The Kier molecular flexibility index (Phi) is 5.19. The molecule has 19 heavy (non-hydrogen) atoms. The molecular weight excluding hydrogens is 324 g/mol. The van der Waals surface area contributed by atoms with Crippen molar-refractivity contribution in [2.45, 2.75) is 45.3 Å². The van der Waals surface area contributed by atoms with Gasteiger partial charge < -0.3 is 5.11 Å². The summed E-state index contributed by atoms with van der Waals surface area (Å²) in [5.41, 5.74) is 0.948. The summed E-state index contributed by atoms with van der Waals surface area (Å²) in [4.78, 5) is 0.976. The van der Waals surface area contributed by atoms with Crippen molar-refractivity contribution in [1.82, 2.24) is 9.78 Å². The minimum Gasteiger partial charge on any atom is -0.387 e. The number of hydrogen-bond acceptors (Lipinski definition) is 3. The van der Waals surface area contributed by atoms with Gasteiger partial charge >= 0.3 is 0 Å². The van der Waals surface area contributed by atoms with E-state index in [1.165, 1.54) is 0 Å². The quantitative estimate of drug-likeness (QED) is 0.847. The van der Waals surface area contributed by atoms with Crippen molar-refractivity contribution in [3.8, 4) is 0 Å². The van der Waals surface area contributed by atoms with Crippen LogP contribution in [0.25, 0.3) is 0 Å². The average molecular weight is 343 g/mol. The van der Waals surface area contributed by atoms with Gasteiger partial charge in [0.15, 0.2) is 0 Å². The van der Waals surface area contributed by atoms with Gasteiger partial charge in [0.2, 0.25) is 0 Å². The van der Waals surface area contributed by atoms with Crippen molar-refractivity contribution < 1.29 is 5.11 Å². The Bertz CT molecular complexity index is 519. The van der Waals surface area contributed by atoms with E-state index < -0.39 is 6.10 Å². The second-order valence-electron chi connectivity index (χ2n) is 4.62. The van der Waals surface area contributed by atoms with Crippen molar-refractivity contribution in [3.63, 3.8) is 0 Å². The van der Waals surface area contributed by atoms with Gasteiger partial charge in [0.25, 0.3) is 0 Å². The van der Waals surface area contributed by atoms with E-state index in [0.29, 0.717) is 12.5 Å². The first-order chi connectivity index (χ1) is 9.13. The second-order valence-corrected chi connectivity index (χ2v) is 7.11. The fourth-order valence-electron chi connectivity index (χ4n) is 2.16. The number of aromatic nitrogens is 2. The van der Waals surface area contributed by atoms with Crippen LogP contribution in [0.1, 0.15) is 49.4 Å². The van der Waals surface area contributed by atoms with Crippen LogP contribution in [-0.4, -0.2) is 14.9 Å². The first-order valence-corrected chi connectivity index (χ1v) is 8.22. The molecule has 2 aromatic heterocycles. The average Bonchev–Trinajstić information content (AvgIpc) is 3.00. The van der Waals surface area contributed by atoms with Crippen molar-refractivity contribution in [1.29, 1.82) is 0 Å². The van der Waals surface area contributed by atoms with Crippen LogP contribution >= 0.6 is 27.3 Å². The fraction of sp³-hybridized carbons (Fsp3) is 0.500. The Labute approximate surface area is 126 Å².